The van der Waals surface area contributed by atoms with Gasteiger partial charge in [0.2, 0.25) is 5.95 Å². The Labute approximate surface area is 147 Å². The van der Waals surface area contributed by atoms with Gasteiger partial charge in [-0.1, -0.05) is 12.1 Å². The van der Waals surface area contributed by atoms with Crippen molar-refractivity contribution in [2.45, 2.75) is 20.8 Å². The second kappa shape index (κ2) is 7.61. The van der Waals surface area contributed by atoms with Crippen LogP contribution in [0.4, 0.5) is 23.1 Å². The van der Waals surface area contributed by atoms with Crippen LogP contribution in [0.1, 0.15) is 18.1 Å². The van der Waals surface area contributed by atoms with Crippen molar-refractivity contribution in [1.29, 1.82) is 0 Å². The molecule has 128 valence electrons. The normalized spacial score (nSPS) is 10.4. The summed E-state index contributed by atoms with van der Waals surface area (Å²) in [7, 11) is 0. The fourth-order valence-electron chi connectivity index (χ4n) is 2.36. The van der Waals surface area contributed by atoms with E-state index in [0.717, 1.165) is 22.7 Å². The van der Waals surface area contributed by atoms with E-state index in [9.17, 15) is 0 Å². The van der Waals surface area contributed by atoms with Gasteiger partial charge in [0.1, 0.15) is 5.75 Å². The third kappa shape index (κ3) is 4.44. The molecule has 0 atom stereocenters. The van der Waals surface area contributed by atoms with Crippen molar-refractivity contribution < 1.29 is 4.74 Å². The third-order valence-electron chi connectivity index (χ3n) is 3.64. The quantitative estimate of drug-likeness (QED) is 0.697. The summed E-state index contributed by atoms with van der Waals surface area (Å²) in [5, 5.41) is 14.5. The molecular formula is C19H21N5O. The molecule has 2 N–H and O–H groups in total. The molecule has 0 saturated heterocycles. The Bertz CT molecular complexity index is 849. The van der Waals surface area contributed by atoms with Crippen LogP contribution in [0.15, 0.2) is 48.7 Å². The molecular weight excluding hydrogens is 314 g/mol. The second-order valence-corrected chi connectivity index (χ2v) is 5.69. The van der Waals surface area contributed by atoms with Gasteiger partial charge in [-0.05, 0) is 62.2 Å². The minimum absolute atomic E-state index is 0.449. The smallest absolute Gasteiger partial charge is 0.249 e. The Hall–Kier alpha value is -3.15. The molecule has 6 heteroatoms. The molecule has 25 heavy (non-hydrogen) atoms. The fourth-order valence-corrected chi connectivity index (χ4v) is 2.36. The Morgan fingerprint density at radius 2 is 1.80 bits per heavy atom. The highest BCUT2D eigenvalue weighted by Gasteiger charge is 2.05. The predicted molar refractivity (Wildman–Crippen MR) is 99.9 cm³/mol. The summed E-state index contributed by atoms with van der Waals surface area (Å²) in [6.45, 7) is 6.70. The molecule has 6 nitrogen and oxygen atoms in total. The van der Waals surface area contributed by atoms with E-state index in [1.165, 1.54) is 5.56 Å². The molecule has 0 saturated carbocycles. The van der Waals surface area contributed by atoms with Gasteiger partial charge in [-0.3, -0.25) is 0 Å². The number of aromatic nitrogens is 3. The molecule has 0 bridgehead atoms. The van der Waals surface area contributed by atoms with Crippen LogP contribution in [0.5, 0.6) is 5.75 Å². The average molecular weight is 335 g/mol. The molecule has 0 radical (unpaired) electrons. The monoisotopic (exact) mass is 335 g/mol. The molecule has 0 spiro atoms. The number of rotatable bonds is 6. The lowest BCUT2D eigenvalue weighted by Gasteiger charge is -2.10. The maximum absolute atomic E-state index is 5.44. The van der Waals surface area contributed by atoms with Crippen molar-refractivity contribution >= 4 is 23.1 Å². The molecule has 1 heterocycles. The zero-order valence-corrected chi connectivity index (χ0v) is 14.6. The number of anilines is 4. The van der Waals surface area contributed by atoms with Crippen LogP contribution in [0.3, 0.4) is 0 Å². The highest BCUT2D eigenvalue weighted by atomic mass is 16.5. The summed E-state index contributed by atoms with van der Waals surface area (Å²) < 4.78 is 5.44. The Kier molecular flexibility index (Phi) is 5.09. The van der Waals surface area contributed by atoms with Gasteiger partial charge >= 0.3 is 0 Å². The molecule has 0 aliphatic rings. The topological polar surface area (TPSA) is 72.0 Å². The van der Waals surface area contributed by atoms with E-state index in [-0.39, 0.29) is 0 Å². The lowest BCUT2D eigenvalue weighted by atomic mass is 10.1. The maximum atomic E-state index is 5.44. The van der Waals surface area contributed by atoms with Crippen LogP contribution in [-0.2, 0) is 0 Å². The molecule has 3 aromatic rings. The first kappa shape index (κ1) is 16.7. The number of aryl methyl sites for hydroxylation is 2. The van der Waals surface area contributed by atoms with Gasteiger partial charge in [-0.15, -0.1) is 5.10 Å². The van der Waals surface area contributed by atoms with Crippen LogP contribution < -0.4 is 15.4 Å². The first-order valence-corrected chi connectivity index (χ1v) is 8.18. The van der Waals surface area contributed by atoms with Crippen molar-refractivity contribution in [3.8, 4) is 5.75 Å². The van der Waals surface area contributed by atoms with Crippen LogP contribution in [-0.4, -0.2) is 21.8 Å². The Balaban J connectivity index is 1.74. The molecule has 1 aromatic heterocycles. The zero-order valence-electron chi connectivity index (χ0n) is 14.6. The summed E-state index contributed by atoms with van der Waals surface area (Å²) in [6.07, 6.45) is 1.59. The first-order valence-electron chi connectivity index (χ1n) is 8.18. The number of nitrogens with one attached hydrogen (secondary N) is 2. The first-order chi connectivity index (χ1) is 12.1. The SMILES string of the molecule is CCOc1ccc(Nc2cnnc(Nc3cc(C)ccc3C)n2)cc1. The molecule has 0 aliphatic carbocycles. The van der Waals surface area contributed by atoms with Crippen molar-refractivity contribution in [3.63, 3.8) is 0 Å². The highest BCUT2D eigenvalue weighted by molar-refractivity contribution is 5.61. The van der Waals surface area contributed by atoms with E-state index in [1.807, 2.05) is 45.0 Å². The van der Waals surface area contributed by atoms with Crippen LogP contribution in [0, 0.1) is 13.8 Å². The van der Waals surface area contributed by atoms with E-state index in [0.29, 0.717) is 18.4 Å². The number of hydrogen-bond donors (Lipinski definition) is 2. The third-order valence-corrected chi connectivity index (χ3v) is 3.64. The highest BCUT2D eigenvalue weighted by Crippen LogP contribution is 2.22. The fraction of sp³-hybridized carbons (Fsp3) is 0.211. The van der Waals surface area contributed by atoms with Crippen molar-refractivity contribution in [2.24, 2.45) is 0 Å². The minimum atomic E-state index is 0.449. The van der Waals surface area contributed by atoms with Crippen molar-refractivity contribution in [3.05, 3.63) is 59.8 Å². The summed E-state index contributed by atoms with van der Waals surface area (Å²) in [4.78, 5) is 4.47. The van der Waals surface area contributed by atoms with E-state index >= 15 is 0 Å². The second-order valence-electron chi connectivity index (χ2n) is 5.69. The Morgan fingerprint density at radius 1 is 1.00 bits per heavy atom. The number of ether oxygens (including phenoxy) is 1. The van der Waals surface area contributed by atoms with Crippen LogP contribution >= 0.6 is 0 Å². The number of benzene rings is 2. The van der Waals surface area contributed by atoms with E-state index < -0.39 is 0 Å². The van der Waals surface area contributed by atoms with Gasteiger partial charge in [0.05, 0.1) is 12.8 Å². The van der Waals surface area contributed by atoms with E-state index in [1.54, 1.807) is 6.20 Å². The predicted octanol–water partition coefficient (Wildman–Crippen LogP) is 4.37. The van der Waals surface area contributed by atoms with E-state index in [2.05, 4.69) is 44.0 Å². The molecule has 0 fully saturated rings. The number of nitrogens with zero attached hydrogens (tertiary/aromatic N) is 3. The van der Waals surface area contributed by atoms with Gasteiger partial charge < -0.3 is 15.4 Å². The summed E-state index contributed by atoms with van der Waals surface area (Å²) in [5.41, 5.74) is 4.17. The maximum Gasteiger partial charge on any atom is 0.249 e. The van der Waals surface area contributed by atoms with Gasteiger partial charge in [0, 0.05) is 11.4 Å². The molecule has 0 aliphatic heterocycles. The zero-order chi connectivity index (χ0) is 17.6. The van der Waals surface area contributed by atoms with Gasteiger partial charge in [0.25, 0.3) is 0 Å². The van der Waals surface area contributed by atoms with Crippen molar-refractivity contribution in [1.82, 2.24) is 15.2 Å². The number of hydrogen-bond acceptors (Lipinski definition) is 6. The van der Waals surface area contributed by atoms with Crippen LogP contribution in [0.25, 0.3) is 0 Å². The minimum Gasteiger partial charge on any atom is -0.494 e. The van der Waals surface area contributed by atoms with Crippen molar-refractivity contribution in [2.75, 3.05) is 17.2 Å². The Morgan fingerprint density at radius 3 is 2.56 bits per heavy atom. The van der Waals surface area contributed by atoms with Gasteiger partial charge in [-0.2, -0.15) is 10.1 Å². The lowest BCUT2D eigenvalue weighted by molar-refractivity contribution is 0.340. The molecule has 2 aromatic carbocycles. The summed E-state index contributed by atoms with van der Waals surface area (Å²) in [5.74, 6) is 1.91. The largest absolute Gasteiger partial charge is 0.494 e. The molecule has 0 amide bonds. The average Bonchev–Trinajstić information content (AvgIpc) is 2.60. The standard InChI is InChI=1S/C19H21N5O/c1-4-25-16-9-7-15(8-10-16)21-18-12-20-24-19(23-18)22-17-11-13(2)5-6-14(17)3/h5-12H,4H2,1-3H3,(H2,21,22,23,24). The summed E-state index contributed by atoms with van der Waals surface area (Å²) >= 11 is 0. The summed E-state index contributed by atoms with van der Waals surface area (Å²) in [6, 6.07) is 13.9. The lowest BCUT2D eigenvalue weighted by Crippen LogP contribution is -2.03. The van der Waals surface area contributed by atoms with Crippen LogP contribution in [0.2, 0.25) is 0 Å². The van der Waals surface area contributed by atoms with Gasteiger partial charge in [-0.25, -0.2) is 0 Å². The molecule has 0 unspecified atom stereocenters. The molecule has 3 rings (SSSR count). The van der Waals surface area contributed by atoms with E-state index in [4.69, 9.17) is 4.74 Å². The van der Waals surface area contributed by atoms with Gasteiger partial charge in [0.15, 0.2) is 5.82 Å².